The molecular weight excluding hydrogens is 571 g/mol. The van der Waals surface area contributed by atoms with Crippen LogP contribution >= 0.6 is 0 Å². The van der Waals surface area contributed by atoms with Crippen molar-refractivity contribution in [1.29, 1.82) is 0 Å². The second-order valence-corrected chi connectivity index (χ2v) is 10.1. The zero-order chi connectivity index (χ0) is 30.6. The molecule has 2 aliphatic heterocycles. The fourth-order valence-corrected chi connectivity index (χ4v) is 5.30. The number of carboxylic acids is 1. The van der Waals surface area contributed by atoms with Crippen LogP contribution in [0.2, 0.25) is 0 Å². The number of rotatable bonds is 6. The summed E-state index contributed by atoms with van der Waals surface area (Å²) < 4.78 is 72.0. The second-order valence-electron chi connectivity index (χ2n) is 10.1. The number of carboxylic acid groups (broad SMARTS) is 1. The van der Waals surface area contributed by atoms with E-state index in [9.17, 15) is 26.7 Å². The fraction of sp³-hybridized carbons (Fsp3) is 0.577. The SMILES string of the molecule is CCc1nn(-c2noc(C3CCN(C4CCN(C(=O)COC)CC4)CC3)n2)c2c(F)c(F)ccc12.O=C(O)C(F)(F)F. The van der Waals surface area contributed by atoms with Crippen molar-refractivity contribution in [3.8, 4) is 5.95 Å². The van der Waals surface area contributed by atoms with Crippen LogP contribution in [0.3, 0.4) is 0 Å². The number of aromatic nitrogens is 4. The number of halogens is 5. The Bertz CT molecular complexity index is 1390. The topological polar surface area (TPSA) is 127 Å². The van der Waals surface area contributed by atoms with Gasteiger partial charge in [-0.1, -0.05) is 6.92 Å². The number of hydrogen-bond acceptors (Lipinski definition) is 8. The molecule has 0 spiro atoms. The van der Waals surface area contributed by atoms with Crippen molar-refractivity contribution in [3.05, 3.63) is 35.4 Å². The smallest absolute Gasteiger partial charge is 0.475 e. The number of hydrogen-bond donors (Lipinski definition) is 1. The average Bonchev–Trinajstić information content (AvgIpc) is 3.61. The van der Waals surface area contributed by atoms with E-state index >= 15 is 0 Å². The minimum Gasteiger partial charge on any atom is -0.475 e. The number of ether oxygens (including phenoxy) is 1. The first-order valence-corrected chi connectivity index (χ1v) is 13.4. The second kappa shape index (κ2) is 13.1. The third-order valence-electron chi connectivity index (χ3n) is 7.49. The zero-order valence-electron chi connectivity index (χ0n) is 23.0. The Morgan fingerprint density at radius 2 is 1.74 bits per heavy atom. The highest BCUT2D eigenvalue weighted by Crippen LogP contribution is 2.31. The summed E-state index contributed by atoms with van der Waals surface area (Å²) in [6, 6.07) is 3.10. The summed E-state index contributed by atoms with van der Waals surface area (Å²) in [6.07, 6.45) is -0.865. The van der Waals surface area contributed by atoms with Crippen LogP contribution in [0.15, 0.2) is 16.7 Å². The molecule has 5 rings (SSSR count). The first-order valence-electron chi connectivity index (χ1n) is 13.4. The van der Waals surface area contributed by atoms with Gasteiger partial charge in [0, 0.05) is 37.5 Å². The lowest BCUT2D eigenvalue weighted by atomic mass is 9.93. The maximum atomic E-state index is 14.6. The summed E-state index contributed by atoms with van der Waals surface area (Å²) in [4.78, 5) is 29.8. The molecule has 0 saturated carbocycles. The van der Waals surface area contributed by atoms with Crippen LogP contribution in [-0.4, -0.2) is 98.8 Å². The number of fused-ring (bicyclic) bond motifs is 1. The van der Waals surface area contributed by atoms with Gasteiger partial charge in [0.15, 0.2) is 11.6 Å². The third-order valence-corrected chi connectivity index (χ3v) is 7.49. The van der Waals surface area contributed by atoms with Crippen LogP contribution < -0.4 is 0 Å². The molecule has 1 amide bonds. The van der Waals surface area contributed by atoms with E-state index in [4.69, 9.17) is 19.2 Å². The molecule has 4 heterocycles. The molecular formula is C26H31F5N6O5. The third kappa shape index (κ3) is 6.86. The molecule has 0 unspecified atom stereocenters. The van der Waals surface area contributed by atoms with Gasteiger partial charge in [-0.25, -0.2) is 13.6 Å². The van der Waals surface area contributed by atoms with E-state index in [-0.39, 0.29) is 29.9 Å². The van der Waals surface area contributed by atoms with E-state index in [2.05, 4.69) is 20.1 Å². The summed E-state index contributed by atoms with van der Waals surface area (Å²) in [5.74, 6) is -3.90. The number of aryl methyl sites for hydroxylation is 1. The maximum Gasteiger partial charge on any atom is 0.490 e. The fourth-order valence-electron chi connectivity index (χ4n) is 5.30. The van der Waals surface area contributed by atoms with Gasteiger partial charge in [0.2, 0.25) is 11.8 Å². The number of amides is 1. The molecule has 0 radical (unpaired) electrons. The predicted octanol–water partition coefficient (Wildman–Crippen LogP) is 3.70. The van der Waals surface area contributed by atoms with E-state index in [1.54, 1.807) is 7.11 Å². The molecule has 11 nitrogen and oxygen atoms in total. The Morgan fingerprint density at radius 1 is 1.10 bits per heavy atom. The number of benzene rings is 1. The van der Waals surface area contributed by atoms with Crippen molar-refractivity contribution < 1.29 is 45.9 Å². The van der Waals surface area contributed by atoms with E-state index < -0.39 is 23.8 Å². The number of aliphatic carboxylic acids is 1. The van der Waals surface area contributed by atoms with Crippen molar-refractivity contribution in [2.24, 2.45) is 0 Å². The molecule has 2 aliphatic rings. The van der Waals surface area contributed by atoms with Crippen molar-refractivity contribution >= 4 is 22.8 Å². The predicted molar refractivity (Wildman–Crippen MR) is 137 cm³/mol. The number of likely N-dealkylation sites (tertiary alicyclic amines) is 2. The number of carbonyl (C=O) groups excluding carboxylic acids is 1. The van der Waals surface area contributed by atoms with Crippen LogP contribution in [0.5, 0.6) is 0 Å². The summed E-state index contributed by atoms with van der Waals surface area (Å²) in [5.41, 5.74) is 0.674. The summed E-state index contributed by atoms with van der Waals surface area (Å²) in [6.45, 7) is 5.37. The average molecular weight is 603 g/mol. The molecule has 1 N–H and O–H groups in total. The van der Waals surface area contributed by atoms with Gasteiger partial charge in [-0.2, -0.15) is 27.9 Å². The Kier molecular flexibility index (Phi) is 9.76. The van der Waals surface area contributed by atoms with Gasteiger partial charge in [-0.3, -0.25) is 4.79 Å². The molecule has 2 fully saturated rings. The van der Waals surface area contributed by atoms with E-state index in [1.807, 2.05) is 11.8 Å². The number of methoxy groups -OCH3 is 1. The number of nitrogens with zero attached hydrogens (tertiary/aromatic N) is 6. The van der Waals surface area contributed by atoms with Gasteiger partial charge >= 0.3 is 12.1 Å². The number of piperidine rings is 2. The summed E-state index contributed by atoms with van der Waals surface area (Å²) >= 11 is 0. The first-order chi connectivity index (χ1) is 19.9. The lowest BCUT2D eigenvalue weighted by Gasteiger charge is -2.41. The molecule has 2 aromatic heterocycles. The minimum absolute atomic E-state index is 0.0272. The van der Waals surface area contributed by atoms with Crippen LogP contribution in [0.4, 0.5) is 22.0 Å². The van der Waals surface area contributed by atoms with Crippen molar-refractivity contribution in [1.82, 2.24) is 29.7 Å². The molecule has 0 bridgehead atoms. The van der Waals surface area contributed by atoms with Crippen LogP contribution in [0.1, 0.15) is 50.1 Å². The van der Waals surface area contributed by atoms with Gasteiger partial charge in [-0.15, -0.1) is 0 Å². The molecule has 0 atom stereocenters. The van der Waals surface area contributed by atoms with Crippen molar-refractivity contribution in [3.63, 3.8) is 0 Å². The lowest BCUT2D eigenvalue weighted by molar-refractivity contribution is -0.192. The van der Waals surface area contributed by atoms with E-state index in [1.165, 1.54) is 10.7 Å². The number of carbonyl (C=O) groups is 2. The van der Waals surface area contributed by atoms with Gasteiger partial charge < -0.3 is 24.2 Å². The number of alkyl halides is 3. The highest BCUT2D eigenvalue weighted by atomic mass is 19.4. The van der Waals surface area contributed by atoms with E-state index in [0.29, 0.717) is 29.4 Å². The van der Waals surface area contributed by atoms with Gasteiger partial charge in [0.25, 0.3) is 5.95 Å². The summed E-state index contributed by atoms with van der Waals surface area (Å²) in [7, 11) is 1.54. The highest BCUT2D eigenvalue weighted by Gasteiger charge is 2.38. The molecule has 42 heavy (non-hydrogen) atoms. The van der Waals surface area contributed by atoms with Crippen molar-refractivity contribution in [2.45, 2.75) is 57.2 Å². The standard InChI is InChI=1S/C24H30F2N6O3.C2HF3O2/c1-3-19-17-4-5-18(25)21(26)22(17)32(28-19)24-27-23(35-29-24)15-6-10-30(11-7-15)16-8-12-31(13-9-16)20(33)14-34-2;3-2(4,5)1(6)7/h4-5,15-16H,3,6-14H2,1-2H3;(H,6,7). The van der Waals surface area contributed by atoms with Crippen molar-refractivity contribution in [2.75, 3.05) is 39.9 Å². The zero-order valence-corrected chi connectivity index (χ0v) is 23.0. The Morgan fingerprint density at radius 3 is 2.31 bits per heavy atom. The normalized spacial score (nSPS) is 17.4. The van der Waals surface area contributed by atoms with Gasteiger partial charge in [0.1, 0.15) is 12.1 Å². The largest absolute Gasteiger partial charge is 0.490 e. The maximum absolute atomic E-state index is 14.6. The van der Waals surface area contributed by atoms with E-state index in [0.717, 1.165) is 57.9 Å². The quantitative estimate of drug-likeness (QED) is 0.421. The molecule has 16 heteroatoms. The molecule has 1 aromatic carbocycles. The Balaban J connectivity index is 0.000000517. The van der Waals surface area contributed by atoms with Gasteiger partial charge in [0.05, 0.1) is 5.69 Å². The van der Waals surface area contributed by atoms with Crippen LogP contribution in [-0.2, 0) is 20.7 Å². The highest BCUT2D eigenvalue weighted by molar-refractivity contribution is 5.83. The lowest BCUT2D eigenvalue weighted by Crippen LogP contribution is -2.49. The molecule has 0 aliphatic carbocycles. The molecule has 2 saturated heterocycles. The van der Waals surface area contributed by atoms with Gasteiger partial charge in [-0.05, 0) is 62.5 Å². The molecule has 3 aromatic rings. The Hall–Kier alpha value is -3.66. The van der Waals surface area contributed by atoms with Crippen LogP contribution in [0, 0.1) is 11.6 Å². The monoisotopic (exact) mass is 602 g/mol. The first kappa shape index (κ1) is 31.3. The molecule has 230 valence electrons. The Labute approximate surface area is 237 Å². The van der Waals surface area contributed by atoms with Crippen LogP contribution in [0.25, 0.3) is 16.9 Å². The minimum atomic E-state index is -5.08. The summed E-state index contributed by atoms with van der Waals surface area (Å²) in [5, 5.41) is 16.1.